The van der Waals surface area contributed by atoms with Crippen molar-refractivity contribution in [3.63, 3.8) is 0 Å². The Labute approximate surface area is 251 Å². The van der Waals surface area contributed by atoms with Crippen LogP contribution in [0, 0.1) is 0 Å². The van der Waals surface area contributed by atoms with Gasteiger partial charge >= 0.3 is 0 Å². The van der Waals surface area contributed by atoms with E-state index in [1.165, 1.54) is 26.2 Å². The van der Waals surface area contributed by atoms with E-state index in [9.17, 15) is 0 Å². The summed E-state index contributed by atoms with van der Waals surface area (Å²) in [7, 11) is 0. The maximum absolute atomic E-state index is 6.21. The first-order chi connectivity index (χ1) is 21.3. The van der Waals surface area contributed by atoms with Crippen LogP contribution in [0.25, 0.3) is 64.8 Å². The molecule has 0 N–H and O–H groups in total. The summed E-state index contributed by atoms with van der Waals surface area (Å²) >= 11 is 1.74. The fourth-order valence-corrected chi connectivity index (χ4v) is 7.47. The van der Waals surface area contributed by atoms with E-state index in [0.29, 0.717) is 0 Å². The quantitative estimate of drug-likeness (QED) is 0.198. The van der Waals surface area contributed by atoms with Crippen molar-refractivity contribution in [1.29, 1.82) is 0 Å². The number of hydrogen-bond donors (Lipinski definition) is 0. The molecule has 202 valence electrons. The topological polar surface area (TPSA) is 29.3 Å². The highest BCUT2D eigenvalue weighted by Crippen LogP contribution is 2.44. The van der Waals surface area contributed by atoms with Crippen LogP contribution in [0.5, 0.6) is 0 Å². The van der Waals surface area contributed by atoms with E-state index in [2.05, 4.69) is 132 Å². The molecule has 0 aliphatic rings. The normalized spacial score (nSPS) is 11.7. The maximum atomic E-state index is 6.21. The Morgan fingerprint density at radius 2 is 1.28 bits per heavy atom. The van der Waals surface area contributed by atoms with Crippen LogP contribution in [0.2, 0.25) is 0 Å². The van der Waals surface area contributed by atoms with E-state index < -0.39 is 0 Å². The van der Waals surface area contributed by atoms with Gasteiger partial charge in [-0.3, -0.25) is 4.90 Å². The first-order valence-electron chi connectivity index (χ1n) is 14.4. The first kappa shape index (κ1) is 24.2. The highest BCUT2D eigenvalue weighted by atomic mass is 32.1. The summed E-state index contributed by atoms with van der Waals surface area (Å²) in [4.78, 5) is 7.48. The lowest BCUT2D eigenvalue weighted by Crippen LogP contribution is -2.09. The summed E-state index contributed by atoms with van der Waals surface area (Å²) in [6, 6.07) is 51.3. The molecule has 0 saturated carbocycles. The fraction of sp³-hybridized carbons (Fsp3) is 0. The summed E-state index contributed by atoms with van der Waals surface area (Å²) < 4.78 is 7.41. The van der Waals surface area contributed by atoms with E-state index in [4.69, 9.17) is 9.40 Å². The molecular formula is C39H24N2OS. The van der Waals surface area contributed by atoms with Crippen LogP contribution in [-0.4, -0.2) is 4.98 Å². The van der Waals surface area contributed by atoms with Gasteiger partial charge in [0.15, 0.2) is 5.13 Å². The first-order valence-corrected chi connectivity index (χ1v) is 15.2. The number of furan rings is 1. The van der Waals surface area contributed by atoms with Crippen molar-refractivity contribution in [3.8, 4) is 11.1 Å². The Morgan fingerprint density at radius 3 is 2.21 bits per heavy atom. The molecule has 7 aromatic carbocycles. The molecule has 4 heteroatoms. The van der Waals surface area contributed by atoms with Crippen molar-refractivity contribution < 1.29 is 4.42 Å². The molecule has 43 heavy (non-hydrogen) atoms. The standard InChI is InChI=1S/C39H24N2OS/c1-2-12-27(13-3-1)41(39-40-34-23-22-31-29-15-5-4-10-25(29)20-21-32(31)38(34)43-39)28-14-8-11-26(24-28)30-17-9-19-36-37(30)33-16-6-7-18-35(33)42-36/h1-24H. The third-order valence-corrected chi connectivity index (χ3v) is 9.38. The third kappa shape index (κ3) is 3.84. The van der Waals surface area contributed by atoms with Gasteiger partial charge in [-0.25, -0.2) is 4.98 Å². The molecule has 9 aromatic rings. The molecule has 0 fully saturated rings. The molecule has 0 aliphatic carbocycles. The molecular weight excluding hydrogens is 545 g/mol. The minimum atomic E-state index is 0.898. The number of hydrogen-bond acceptors (Lipinski definition) is 4. The van der Waals surface area contributed by atoms with Crippen molar-refractivity contribution >= 4 is 81.5 Å². The third-order valence-electron chi connectivity index (χ3n) is 8.29. The number of nitrogens with zero attached hydrogens (tertiary/aromatic N) is 2. The number of benzene rings is 7. The SMILES string of the molecule is c1ccc(N(c2cccc(-c3cccc4oc5ccccc5c34)c2)c2nc3ccc4c5ccccc5ccc4c3s2)cc1. The largest absolute Gasteiger partial charge is 0.456 e. The van der Waals surface area contributed by atoms with E-state index >= 15 is 0 Å². The van der Waals surface area contributed by atoms with Crippen LogP contribution >= 0.6 is 11.3 Å². The molecule has 0 spiro atoms. The lowest BCUT2D eigenvalue weighted by molar-refractivity contribution is 0.669. The van der Waals surface area contributed by atoms with Gasteiger partial charge in [0.25, 0.3) is 0 Å². The number of thiazole rings is 1. The Hall–Kier alpha value is -5.45. The summed E-state index contributed by atoms with van der Waals surface area (Å²) in [5, 5.41) is 8.22. The smallest absolute Gasteiger partial charge is 0.195 e. The van der Waals surface area contributed by atoms with Crippen molar-refractivity contribution in [2.24, 2.45) is 0 Å². The van der Waals surface area contributed by atoms with Crippen LogP contribution in [-0.2, 0) is 0 Å². The van der Waals surface area contributed by atoms with E-state index in [-0.39, 0.29) is 0 Å². The highest BCUT2D eigenvalue weighted by molar-refractivity contribution is 7.23. The van der Waals surface area contributed by atoms with Crippen LogP contribution in [0.15, 0.2) is 150 Å². The number of para-hydroxylation sites is 2. The monoisotopic (exact) mass is 568 g/mol. The molecule has 9 rings (SSSR count). The Balaban J connectivity index is 1.25. The van der Waals surface area contributed by atoms with Gasteiger partial charge in [0.1, 0.15) is 11.2 Å². The number of aromatic nitrogens is 1. The predicted molar refractivity (Wildman–Crippen MR) is 182 cm³/mol. The second-order valence-electron chi connectivity index (χ2n) is 10.8. The van der Waals surface area contributed by atoms with E-state index in [1.54, 1.807) is 11.3 Å². The molecule has 0 amide bonds. The second-order valence-corrected chi connectivity index (χ2v) is 11.8. The van der Waals surface area contributed by atoms with E-state index in [1.807, 2.05) is 18.2 Å². The van der Waals surface area contributed by atoms with Crippen molar-refractivity contribution in [3.05, 3.63) is 146 Å². The van der Waals surface area contributed by atoms with Gasteiger partial charge in [-0.1, -0.05) is 114 Å². The molecule has 0 aliphatic heterocycles. The summed E-state index contributed by atoms with van der Waals surface area (Å²) in [6.07, 6.45) is 0. The lowest BCUT2D eigenvalue weighted by atomic mass is 9.99. The minimum Gasteiger partial charge on any atom is -0.456 e. The van der Waals surface area contributed by atoms with Crippen LogP contribution in [0.4, 0.5) is 16.5 Å². The van der Waals surface area contributed by atoms with Gasteiger partial charge in [-0.2, -0.15) is 0 Å². The number of rotatable bonds is 4. The van der Waals surface area contributed by atoms with Gasteiger partial charge in [0.05, 0.1) is 10.2 Å². The summed E-state index contributed by atoms with van der Waals surface area (Å²) in [5.41, 5.74) is 7.22. The Bertz CT molecular complexity index is 2470. The summed E-state index contributed by atoms with van der Waals surface area (Å²) in [6.45, 7) is 0. The van der Waals surface area contributed by atoms with Gasteiger partial charge < -0.3 is 4.42 Å². The average molecular weight is 569 g/mol. The molecule has 2 aromatic heterocycles. The second kappa shape index (κ2) is 9.55. The number of anilines is 3. The van der Waals surface area contributed by atoms with Gasteiger partial charge in [0.2, 0.25) is 0 Å². The van der Waals surface area contributed by atoms with Crippen LogP contribution in [0.1, 0.15) is 0 Å². The molecule has 0 atom stereocenters. The zero-order valence-electron chi connectivity index (χ0n) is 23.1. The molecule has 0 bridgehead atoms. The zero-order chi connectivity index (χ0) is 28.3. The maximum Gasteiger partial charge on any atom is 0.195 e. The fourth-order valence-electron chi connectivity index (χ4n) is 6.33. The Kier molecular flexibility index (Phi) is 5.37. The Morgan fingerprint density at radius 1 is 0.535 bits per heavy atom. The van der Waals surface area contributed by atoms with Gasteiger partial charge in [-0.05, 0) is 69.8 Å². The van der Waals surface area contributed by atoms with Crippen molar-refractivity contribution in [1.82, 2.24) is 4.98 Å². The molecule has 0 radical (unpaired) electrons. The molecule has 2 heterocycles. The molecule has 0 saturated heterocycles. The average Bonchev–Trinajstić information content (AvgIpc) is 3.67. The highest BCUT2D eigenvalue weighted by Gasteiger charge is 2.20. The van der Waals surface area contributed by atoms with Gasteiger partial charge in [0, 0.05) is 27.5 Å². The lowest BCUT2D eigenvalue weighted by Gasteiger charge is -2.23. The van der Waals surface area contributed by atoms with Crippen LogP contribution < -0.4 is 4.90 Å². The van der Waals surface area contributed by atoms with Crippen LogP contribution in [0.3, 0.4) is 0 Å². The zero-order valence-corrected chi connectivity index (χ0v) is 23.9. The van der Waals surface area contributed by atoms with Crippen molar-refractivity contribution in [2.75, 3.05) is 4.90 Å². The molecule has 0 unspecified atom stereocenters. The van der Waals surface area contributed by atoms with Gasteiger partial charge in [-0.15, -0.1) is 0 Å². The predicted octanol–water partition coefficient (Wildman–Crippen LogP) is 11.6. The van der Waals surface area contributed by atoms with Crippen molar-refractivity contribution in [2.45, 2.75) is 0 Å². The van der Waals surface area contributed by atoms with E-state index in [0.717, 1.165) is 55.1 Å². The number of fused-ring (bicyclic) bond motifs is 8. The minimum absolute atomic E-state index is 0.898. The molecule has 3 nitrogen and oxygen atoms in total. The summed E-state index contributed by atoms with van der Waals surface area (Å²) in [5.74, 6) is 0.